The summed E-state index contributed by atoms with van der Waals surface area (Å²) in [6, 6.07) is 6.98. The molecular formula is C13H18N2O3. The Morgan fingerprint density at radius 1 is 1.33 bits per heavy atom. The lowest BCUT2D eigenvalue weighted by atomic mass is 10.2. The van der Waals surface area contributed by atoms with E-state index in [0.29, 0.717) is 5.56 Å². The molecule has 1 heterocycles. The molecule has 0 unspecified atom stereocenters. The third-order valence-corrected chi connectivity index (χ3v) is 3.04. The normalized spacial score (nSPS) is 16.5. The van der Waals surface area contributed by atoms with Gasteiger partial charge in [-0.15, -0.1) is 0 Å². The summed E-state index contributed by atoms with van der Waals surface area (Å²) in [5.74, 6) is -0.893. The van der Waals surface area contributed by atoms with Crippen LogP contribution in [0.2, 0.25) is 0 Å². The summed E-state index contributed by atoms with van der Waals surface area (Å²) in [6.07, 6.45) is 0. The Labute approximate surface area is 107 Å². The predicted molar refractivity (Wildman–Crippen MR) is 68.8 cm³/mol. The largest absolute Gasteiger partial charge is 0.478 e. The van der Waals surface area contributed by atoms with Crippen LogP contribution in [-0.4, -0.2) is 48.9 Å². The maximum Gasteiger partial charge on any atom is 0.335 e. The van der Waals surface area contributed by atoms with Gasteiger partial charge in [-0.25, -0.2) is 9.80 Å². The van der Waals surface area contributed by atoms with Gasteiger partial charge in [0.15, 0.2) is 0 Å². The summed E-state index contributed by atoms with van der Waals surface area (Å²) < 4.78 is 5.33. The Hall–Kier alpha value is -1.59. The average molecular weight is 250 g/mol. The number of nitrogens with zero attached hydrogens (tertiary/aromatic N) is 2. The molecule has 5 nitrogen and oxygen atoms in total. The number of rotatable bonds is 4. The van der Waals surface area contributed by atoms with E-state index in [9.17, 15) is 4.79 Å². The van der Waals surface area contributed by atoms with Crippen molar-refractivity contribution in [1.29, 1.82) is 0 Å². The van der Waals surface area contributed by atoms with E-state index in [0.717, 1.165) is 38.5 Å². The summed E-state index contributed by atoms with van der Waals surface area (Å²) in [4.78, 5) is 10.8. The number of benzene rings is 1. The lowest BCUT2D eigenvalue weighted by molar-refractivity contribution is 0.0322. The van der Waals surface area contributed by atoms with E-state index in [1.807, 2.05) is 12.1 Å². The number of morpholine rings is 1. The van der Waals surface area contributed by atoms with Gasteiger partial charge in [0.25, 0.3) is 0 Å². The topological polar surface area (TPSA) is 53.0 Å². The zero-order valence-electron chi connectivity index (χ0n) is 10.5. The van der Waals surface area contributed by atoms with Gasteiger partial charge < -0.3 is 14.9 Å². The average Bonchev–Trinajstić information content (AvgIpc) is 2.41. The van der Waals surface area contributed by atoms with E-state index >= 15 is 0 Å². The van der Waals surface area contributed by atoms with E-state index in [1.165, 1.54) is 0 Å². The maximum atomic E-state index is 10.8. The second-order valence-electron chi connectivity index (χ2n) is 4.13. The Bertz CT molecular complexity index is 399. The Balaban J connectivity index is 2.13. The second-order valence-corrected chi connectivity index (χ2v) is 4.13. The summed E-state index contributed by atoms with van der Waals surface area (Å²) in [5, 5.41) is 13.3. The first-order chi connectivity index (χ1) is 8.72. The van der Waals surface area contributed by atoms with Crippen LogP contribution in [0.4, 0.5) is 5.69 Å². The number of hydrazine groups is 1. The van der Waals surface area contributed by atoms with Crippen molar-refractivity contribution in [1.82, 2.24) is 5.01 Å². The highest BCUT2D eigenvalue weighted by molar-refractivity contribution is 5.88. The molecule has 0 saturated carbocycles. The first-order valence-electron chi connectivity index (χ1n) is 6.16. The van der Waals surface area contributed by atoms with Gasteiger partial charge in [0.1, 0.15) is 0 Å². The number of hydrogen-bond donors (Lipinski definition) is 1. The first-order valence-corrected chi connectivity index (χ1v) is 6.16. The Morgan fingerprint density at radius 3 is 2.44 bits per heavy atom. The van der Waals surface area contributed by atoms with Crippen LogP contribution in [0, 0.1) is 0 Å². The molecule has 0 spiro atoms. The highest BCUT2D eigenvalue weighted by atomic mass is 16.5. The molecule has 98 valence electrons. The molecule has 1 aliphatic heterocycles. The standard InChI is InChI=1S/C13H18N2O3/c1-2-15(14-7-9-18-10-8-14)12-5-3-11(4-6-12)13(16)17/h3-6H,2,7-10H2,1H3,(H,16,17). The van der Waals surface area contributed by atoms with Crippen molar-refractivity contribution in [3.63, 3.8) is 0 Å². The molecule has 0 atom stereocenters. The molecule has 1 N–H and O–H groups in total. The lowest BCUT2D eigenvalue weighted by Gasteiger charge is -2.38. The van der Waals surface area contributed by atoms with Crippen molar-refractivity contribution < 1.29 is 14.6 Å². The number of ether oxygens (including phenoxy) is 1. The molecule has 1 aromatic rings. The monoisotopic (exact) mass is 250 g/mol. The highest BCUT2D eigenvalue weighted by Gasteiger charge is 2.17. The van der Waals surface area contributed by atoms with Gasteiger partial charge in [-0.05, 0) is 31.2 Å². The molecule has 1 fully saturated rings. The number of carboxylic acid groups (broad SMARTS) is 1. The number of hydrogen-bond acceptors (Lipinski definition) is 4. The summed E-state index contributed by atoms with van der Waals surface area (Å²) in [5.41, 5.74) is 1.33. The van der Waals surface area contributed by atoms with Crippen molar-refractivity contribution >= 4 is 11.7 Å². The smallest absolute Gasteiger partial charge is 0.335 e. The van der Waals surface area contributed by atoms with Crippen molar-refractivity contribution in [2.45, 2.75) is 6.92 Å². The van der Waals surface area contributed by atoms with Gasteiger partial charge in [-0.2, -0.15) is 0 Å². The molecule has 1 saturated heterocycles. The molecule has 5 heteroatoms. The first kappa shape index (κ1) is 12.9. The zero-order valence-corrected chi connectivity index (χ0v) is 10.5. The number of carbonyl (C=O) groups is 1. The summed E-state index contributed by atoms with van der Waals surface area (Å²) in [7, 11) is 0. The number of carboxylic acids is 1. The molecule has 0 bridgehead atoms. The van der Waals surface area contributed by atoms with Crippen molar-refractivity contribution in [2.75, 3.05) is 37.9 Å². The molecule has 0 amide bonds. The number of anilines is 1. The lowest BCUT2D eigenvalue weighted by Crippen LogP contribution is -2.49. The van der Waals surface area contributed by atoms with Crippen LogP contribution in [-0.2, 0) is 4.74 Å². The van der Waals surface area contributed by atoms with Gasteiger partial charge >= 0.3 is 5.97 Å². The highest BCUT2D eigenvalue weighted by Crippen LogP contribution is 2.18. The van der Waals surface area contributed by atoms with Crippen LogP contribution in [0.1, 0.15) is 17.3 Å². The third-order valence-electron chi connectivity index (χ3n) is 3.04. The fourth-order valence-corrected chi connectivity index (χ4v) is 2.12. The minimum Gasteiger partial charge on any atom is -0.478 e. The second kappa shape index (κ2) is 5.84. The zero-order chi connectivity index (χ0) is 13.0. The van der Waals surface area contributed by atoms with Crippen LogP contribution in [0.3, 0.4) is 0 Å². The molecule has 2 rings (SSSR count). The fraction of sp³-hybridized carbons (Fsp3) is 0.462. The van der Waals surface area contributed by atoms with Crippen LogP contribution >= 0.6 is 0 Å². The van der Waals surface area contributed by atoms with Gasteiger partial charge in [0.05, 0.1) is 24.5 Å². The summed E-state index contributed by atoms with van der Waals surface area (Å²) in [6.45, 7) is 6.16. The van der Waals surface area contributed by atoms with Gasteiger partial charge in [-0.1, -0.05) is 0 Å². The SMILES string of the molecule is CCN(c1ccc(C(=O)O)cc1)N1CCOCC1. The van der Waals surface area contributed by atoms with Crippen molar-refractivity contribution in [3.8, 4) is 0 Å². The van der Waals surface area contributed by atoms with Gasteiger partial charge in [0.2, 0.25) is 0 Å². The molecular weight excluding hydrogens is 232 g/mol. The molecule has 0 aromatic heterocycles. The van der Waals surface area contributed by atoms with Crippen LogP contribution in [0.5, 0.6) is 0 Å². The van der Waals surface area contributed by atoms with Gasteiger partial charge in [-0.3, -0.25) is 0 Å². The van der Waals surface area contributed by atoms with Crippen LogP contribution < -0.4 is 5.01 Å². The molecule has 18 heavy (non-hydrogen) atoms. The predicted octanol–water partition coefficient (Wildman–Crippen LogP) is 1.46. The van der Waals surface area contributed by atoms with Crippen LogP contribution in [0.15, 0.2) is 24.3 Å². The Morgan fingerprint density at radius 2 is 1.94 bits per heavy atom. The van der Waals surface area contributed by atoms with E-state index in [2.05, 4.69) is 16.9 Å². The number of aromatic carboxylic acids is 1. The summed E-state index contributed by atoms with van der Waals surface area (Å²) >= 11 is 0. The third kappa shape index (κ3) is 2.80. The molecule has 1 aliphatic rings. The van der Waals surface area contributed by atoms with Crippen molar-refractivity contribution in [3.05, 3.63) is 29.8 Å². The minimum absolute atomic E-state index is 0.316. The van der Waals surface area contributed by atoms with E-state index in [-0.39, 0.29) is 0 Å². The van der Waals surface area contributed by atoms with Crippen molar-refractivity contribution in [2.24, 2.45) is 0 Å². The van der Waals surface area contributed by atoms with E-state index in [4.69, 9.17) is 9.84 Å². The van der Waals surface area contributed by atoms with Crippen LogP contribution in [0.25, 0.3) is 0 Å². The Kier molecular flexibility index (Phi) is 4.17. The maximum absolute atomic E-state index is 10.8. The molecule has 1 aromatic carbocycles. The van der Waals surface area contributed by atoms with Gasteiger partial charge in [0, 0.05) is 19.6 Å². The quantitative estimate of drug-likeness (QED) is 0.876. The van der Waals surface area contributed by atoms with E-state index in [1.54, 1.807) is 12.1 Å². The fourth-order valence-electron chi connectivity index (χ4n) is 2.12. The molecule has 0 aliphatic carbocycles. The minimum atomic E-state index is -0.893. The van der Waals surface area contributed by atoms with E-state index < -0.39 is 5.97 Å². The molecule has 0 radical (unpaired) electrons.